The van der Waals surface area contributed by atoms with Gasteiger partial charge in [-0.1, -0.05) is 6.07 Å². The van der Waals surface area contributed by atoms with Crippen LogP contribution in [0.3, 0.4) is 0 Å². The Morgan fingerprint density at radius 1 is 1.16 bits per heavy atom. The number of hydrogen-bond donors (Lipinski definition) is 2. The number of benzene rings is 1. The average molecular weight is 344 g/mol. The number of halogens is 2. The first-order valence-electron chi connectivity index (χ1n) is 7.92. The highest BCUT2D eigenvalue weighted by Gasteiger charge is 2.07. The number of hydrogen-bond acceptors (Lipinski definition) is 3. The molecule has 2 aromatic heterocycles. The van der Waals surface area contributed by atoms with Gasteiger partial charge in [0.05, 0.1) is 13.1 Å². The number of nitrogens with one attached hydrogen (secondary N) is 2. The highest BCUT2D eigenvalue weighted by molar-refractivity contribution is 5.79. The summed E-state index contributed by atoms with van der Waals surface area (Å²) >= 11 is 0. The number of aliphatic imine (C=N–C) groups is 1. The minimum Gasteiger partial charge on any atom is -0.357 e. The minimum atomic E-state index is -0.487. The van der Waals surface area contributed by atoms with Gasteiger partial charge in [-0.15, -0.1) is 10.2 Å². The van der Waals surface area contributed by atoms with Crippen molar-refractivity contribution in [1.29, 1.82) is 0 Å². The summed E-state index contributed by atoms with van der Waals surface area (Å²) in [6.07, 6.45) is 1.87. The molecule has 0 spiro atoms. The zero-order valence-electron chi connectivity index (χ0n) is 13.7. The maximum absolute atomic E-state index is 13.7. The second kappa shape index (κ2) is 7.69. The molecule has 2 N–H and O–H groups in total. The van der Waals surface area contributed by atoms with E-state index in [-0.39, 0.29) is 12.1 Å². The van der Waals surface area contributed by atoms with Gasteiger partial charge in [0.1, 0.15) is 11.6 Å². The van der Waals surface area contributed by atoms with E-state index in [4.69, 9.17) is 0 Å². The van der Waals surface area contributed by atoms with Crippen molar-refractivity contribution in [2.24, 2.45) is 4.99 Å². The monoisotopic (exact) mass is 344 g/mol. The van der Waals surface area contributed by atoms with Crippen LogP contribution in [0.1, 0.15) is 18.3 Å². The summed E-state index contributed by atoms with van der Waals surface area (Å²) in [7, 11) is 0. The largest absolute Gasteiger partial charge is 0.357 e. The second-order valence-corrected chi connectivity index (χ2v) is 5.33. The van der Waals surface area contributed by atoms with Crippen molar-refractivity contribution in [3.63, 3.8) is 0 Å². The standard InChI is InChI=1S/C17H18F2N6/c1-2-20-17(21-10-12-9-13(18)6-7-14(12)19)22-11-16-24-23-15-5-3-4-8-25(15)16/h3-9H,2,10-11H2,1H3,(H2,20,21,22). The maximum atomic E-state index is 13.7. The molecule has 3 aromatic rings. The average Bonchev–Trinajstić information content (AvgIpc) is 3.03. The van der Waals surface area contributed by atoms with Gasteiger partial charge in [-0.05, 0) is 37.3 Å². The number of fused-ring (bicyclic) bond motifs is 1. The number of guanidine groups is 1. The fourth-order valence-electron chi connectivity index (χ4n) is 2.34. The van der Waals surface area contributed by atoms with Crippen LogP contribution in [0.4, 0.5) is 8.78 Å². The lowest BCUT2D eigenvalue weighted by Crippen LogP contribution is -2.37. The molecule has 0 amide bonds. The second-order valence-electron chi connectivity index (χ2n) is 5.33. The predicted octanol–water partition coefficient (Wildman–Crippen LogP) is 2.26. The summed E-state index contributed by atoms with van der Waals surface area (Å²) in [6.45, 7) is 2.98. The highest BCUT2D eigenvalue weighted by Crippen LogP contribution is 2.10. The molecule has 2 heterocycles. The Hall–Kier alpha value is -3.03. The van der Waals surface area contributed by atoms with Gasteiger partial charge in [0.15, 0.2) is 17.4 Å². The smallest absolute Gasteiger partial charge is 0.191 e. The molecule has 6 nitrogen and oxygen atoms in total. The minimum absolute atomic E-state index is 0.0273. The molecule has 0 unspecified atom stereocenters. The van der Waals surface area contributed by atoms with Crippen molar-refractivity contribution < 1.29 is 8.78 Å². The molecule has 0 bridgehead atoms. The summed E-state index contributed by atoms with van der Waals surface area (Å²) in [4.78, 5) is 4.30. The molecule has 0 fully saturated rings. The van der Waals surface area contributed by atoms with E-state index in [0.717, 1.165) is 29.7 Å². The third-order valence-electron chi connectivity index (χ3n) is 3.56. The van der Waals surface area contributed by atoms with Crippen LogP contribution >= 0.6 is 0 Å². The zero-order chi connectivity index (χ0) is 17.6. The van der Waals surface area contributed by atoms with Gasteiger partial charge >= 0.3 is 0 Å². The molecule has 0 radical (unpaired) electrons. The normalized spacial score (nSPS) is 11.7. The van der Waals surface area contributed by atoms with Crippen molar-refractivity contribution in [3.05, 3.63) is 65.6 Å². The number of rotatable bonds is 5. The lowest BCUT2D eigenvalue weighted by Gasteiger charge is -2.10. The van der Waals surface area contributed by atoms with Gasteiger partial charge in [-0.2, -0.15) is 0 Å². The lowest BCUT2D eigenvalue weighted by atomic mass is 10.2. The van der Waals surface area contributed by atoms with Crippen LogP contribution in [0, 0.1) is 11.6 Å². The molecule has 8 heteroatoms. The van der Waals surface area contributed by atoms with Gasteiger partial charge in [0.2, 0.25) is 0 Å². The molecule has 0 atom stereocenters. The lowest BCUT2D eigenvalue weighted by molar-refractivity contribution is 0.585. The number of pyridine rings is 1. The molecule has 0 aliphatic carbocycles. The van der Waals surface area contributed by atoms with Crippen LogP contribution in [0.15, 0.2) is 47.6 Å². The molecule has 0 saturated carbocycles. The van der Waals surface area contributed by atoms with E-state index in [1.807, 2.05) is 35.7 Å². The zero-order valence-corrected chi connectivity index (χ0v) is 13.7. The third kappa shape index (κ3) is 4.09. The van der Waals surface area contributed by atoms with Crippen LogP contribution in [0.5, 0.6) is 0 Å². The Bertz CT molecular complexity index is 890. The summed E-state index contributed by atoms with van der Waals surface area (Å²) in [5.74, 6) is 0.237. The Labute approximate surface area is 143 Å². The Balaban J connectivity index is 1.71. The molecule has 0 saturated heterocycles. The molecule has 0 aliphatic rings. The van der Waals surface area contributed by atoms with Gasteiger partial charge in [0.25, 0.3) is 0 Å². The van der Waals surface area contributed by atoms with E-state index in [0.29, 0.717) is 19.0 Å². The van der Waals surface area contributed by atoms with E-state index in [2.05, 4.69) is 25.8 Å². The molecule has 0 aliphatic heterocycles. The Morgan fingerprint density at radius 2 is 2.04 bits per heavy atom. The summed E-state index contributed by atoms with van der Waals surface area (Å²) in [5, 5.41) is 14.4. The van der Waals surface area contributed by atoms with Crippen molar-refractivity contribution >= 4 is 11.6 Å². The van der Waals surface area contributed by atoms with Crippen molar-refractivity contribution in [2.75, 3.05) is 6.54 Å². The summed E-state index contributed by atoms with van der Waals surface area (Å²) in [5.41, 5.74) is 0.952. The first-order valence-corrected chi connectivity index (χ1v) is 7.92. The van der Waals surface area contributed by atoms with E-state index in [1.165, 1.54) is 0 Å². The van der Waals surface area contributed by atoms with Crippen molar-refractivity contribution in [1.82, 2.24) is 25.2 Å². The summed E-state index contributed by atoms with van der Waals surface area (Å²) in [6, 6.07) is 8.98. The Morgan fingerprint density at radius 3 is 2.88 bits per heavy atom. The molecular formula is C17H18F2N6. The van der Waals surface area contributed by atoms with Gasteiger partial charge < -0.3 is 10.6 Å². The first-order chi connectivity index (χ1) is 12.2. The fourth-order valence-corrected chi connectivity index (χ4v) is 2.34. The molecule has 25 heavy (non-hydrogen) atoms. The fraction of sp³-hybridized carbons (Fsp3) is 0.235. The van der Waals surface area contributed by atoms with Gasteiger partial charge in [0, 0.05) is 18.3 Å². The predicted molar refractivity (Wildman–Crippen MR) is 91.0 cm³/mol. The van der Waals surface area contributed by atoms with Crippen LogP contribution in [-0.4, -0.2) is 27.1 Å². The van der Waals surface area contributed by atoms with Gasteiger partial charge in [-0.3, -0.25) is 4.40 Å². The van der Waals surface area contributed by atoms with Crippen LogP contribution in [0.2, 0.25) is 0 Å². The number of aromatic nitrogens is 3. The highest BCUT2D eigenvalue weighted by atomic mass is 19.1. The molecule has 3 rings (SSSR count). The topological polar surface area (TPSA) is 66.6 Å². The van der Waals surface area contributed by atoms with Crippen LogP contribution < -0.4 is 10.6 Å². The molecule has 130 valence electrons. The number of nitrogens with zero attached hydrogens (tertiary/aromatic N) is 4. The maximum Gasteiger partial charge on any atom is 0.191 e. The molecule has 1 aromatic carbocycles. The van der Waals surface area contributed by atoms with E-state index >= 15 is 0 Å². The SMILES string of the molecule is CCNC(=NCc1cc(F)ccc1F)NCc1nnc2ccccn12. The quantitative estimate of drug-likeness (QED) is 0.550. The van der Waals surface area contributed by atoms with E-state index in [9.17, 15) is 8.78 Å². The van der Waals surface area contributed by atoms with Gasteiger partial charge in [-0.25, -0.2) is 13.8 Å². The van der Waals surface area contributed by atoms with Crippen molar-refractivity contribution in [3.8, 4) is 0 Å². The first kappa shape index (κ1) is 16.8. The Kier molecular flexibility index (Phi) is 5.17. The van der Waals surface area contributed by atoms with E-state index in [1.54, 1.807) is 0 Å². The van der Waals surface area contributed by atoms with Crippen LogP contribution in [0.25, 0.3) is 5.65 Å². The third-order valence-corrected chi connectivity index (χ3v) is 3.56. The van der Waals surface area contributed by atoms with E-state index < -0.39 is 11.6 Å². The molecular weight excluding hydrogens is 326 g/mol. The van der Waals surface area contributed by atoms with Crippen LogP contribution in [-0.2, 0) is 13.1 Å². The van der Waals surface area contributed by atoms with Crippen molar-refractivity contribution in [2.45, 2.75) is 20.0 Å². The summed E-state index contributed by atoms with van der Waals surface area (Å²) < 4.78 is 28.8.